The standard InChI is InChI=1S/C14H24N2O3.C9H8FNO.CH4O/c1-19-14(18)11-8-5-9-16(11)13(17)12(15)10-6-3-2-4-7-10;10-9-3-1-2-7-4-11(6-12)5-8(7)9;1-2/h10-12H,2-9,15H2,1H3;1-3,6H,4-5H2;2H,1H3. The van der Waals surface area contributed by atoms with E-state index in [2.05, 4.69) is 0 Å². The van der Waals surface area contributed by atoms with Crippen LogP contribution in [-0.2, 0) is 32.2 Å². The number of hydrogen-bond acceptors (Lipinski definition) is 6. The molecule has 2 aliphatic heterocycles. The minimum atomic E-state index is -0.453. The van der Waals surface area contributed by atoms with Crippen molar-refractivity contribution < 1.29 is 28.6 Å². The maximum absolute atomic E-state index is 13.1. The lowest BCUT2D eigenvalue weighted by Crippen LogP contribution is -2.51. The van der Waals surface area contributed by atoms with Gasteiger partial charge in [0.2, 0.25) is 12.3 Å². The number of aliphatic hydroxyl groups excluding tert-OH is 1. The summed E-state index contributed by atoms with van der Waals surface area (Å²) in [4.78, 5) is 37.7. The van der Waals surface area contributed by atoms with Crippen LogP contribution in [0.3, 0.4) is 0 Å². The van der Waals surface area contributed by atoms with E-state index in [0.29, 0.717) is 31.6 Å². The van der Waals surface area contributed by atoms with Crippen LogP contribution in [-0.4, -0.2) is 66.0 Å². The fourth-order valence-corrected chi connectivity index (χ4v) is 4.78. The number of carbonyl (C=O) groups excluding carboxylic acids is 3. The van der Waals surface area contributed by atoms with Crippen LogP contribution in [0.25, 0.3) is 0 Å². The Hall–Kier alpha value is -2.52. The summed E-state index contributed by atoms with van der Waals surface area (Å²) in [6, 6.07) is 4.06. The second kappa shape index (κ2) is 13.3. The number of halogens is 1. The highest BCUT2D eigenvalue weighted by molar-refractivity contribution is 5.88. The normalized spacial score (nSPS) is 20.6. The van der Waals surface area contributed by atoms with Crippen molar-refractivity contribution >= 4 is 18.3 Å². The molecule has 2 heterocycles. The van der Waals surface area contributed by atoms with Crippen molar-refractivity contribution in [3.05, 3.63) is 35.1 Å². The summed E-state index contributed by atoms with van der Waals surface area (Å²) in [7, 11) is 2.37. The first kappa shape index (κ1) is 26.7. The molecular formula is C24H36FN3O5. The van der Waals surface area contributed by atoms with Gasteiger partial charge in [0.1, 0.15) is 11.9 Å². The average Bonchev–Trinajstić information content (AvgIpc) is 3.53. The van der Waals surface area contributed by atoms with E-state index >= 15 is 0 Å². The Morgan fingerprint density at radius 1 is 1.15 bits per heavy atom. The van der Waals surface area contributed by atoms with E-state index in [1.807, 2.05) is 6.07 Å². The molecule has 0 bridgehead atoms. The van der Waals surface area contributed by atoms with Crippen LogP contribution in [0, 0.1) is 11.7 Å². The summed E-state index contributed by atoms with van der Waals surface area (Å²) in [6.45, 7) is 1.57. The highest BCUT2D eigenvalue weighted by Gasteiger charge is 2.38. The number of ether oxygens (including phenoxy) is 1. The Morgan fingerprint density at radius 2 is 1.85 bits per heavy atom. The lowest BCUT2D eigenvalue weighted by Gasteiger charge is -2.31. The second-order valence-electron chi connectivity index (χ2n) is 8.52. The Kier molecular flexibility index (Phi) is 10.7. The van der Waals surface area contributed by atoms with Crippen LogP contribution in [0.5, 0.6) is 0 Å². The smallest absolute Gasteiger partial charge is 0.328 e. The van der Waals surface area contributed by atoms with Crippen LogP contribution in [0.2, 0.25) is 0 Å². The lowest BCUT2D eigenvalue weighted by molar-refractivity contribution is -0.151. The summed E-state index contributed by atoms with van der Waals surface area (Å²) in [5, 5.41) is 7.00. The molecule has 8 nitrogen and oxygen atoms in total. The second-order valence-corrected chi connectivity index (χ2v) is 8.52. The summed E-state index contributed by atoms with van der Waals surface area (Å²) < 4.78 is 17.8. The SMILES string of the molecule is CO.COC(=O)C1CCCN1C(=O)C(N)C1CCCCC1.O=CN1Cc2cccc(F)c2C1. The van der Waals surface area contributed by atoms with E-state index < -0.39 is 12.1 Å². The van der Waals surface area contributed by atoms with Crippen LogP contribution < -0.4 is 5.73 Å². The Morgan fingerprint density at radius 3 is 2.45 bits per heavy atom. The number of methoxy groups -OCH3 is 1. The first-order valence-electron chi connectivity index (χ1n) is 11.5. The number of nitrogens with two attached hydrogens (primary N) is 1. The Bertz CT molecular complexity index is 800. The van der Waals surface area contributed by atoms with E-state index in [1.54, 1.807) is 15.9 Å². The van der Waals surface area contributed by atoms with Gasteiger partial charge in [-0.25, -0.2) is 9.18 Å². The number of rotatable bonds is 4. The largest absolute Gasteiger partial charge is 0.467 e. The van der Waals surface area contributed by atoms with Gasteiger partial charge in [-0.15, -0.1) is 0 Å². The van der Waals surface area contributed by atoms with Crippen molar-refractivity contribution in [2.75, 3.05) is 20.8 Å². The van der Waals surface area contributed by atoms with Crippen molar-refractivity contribution in [1.82, 2.24) is 9.80 Å². The molecule has 1 aromatic carbocycles. The van der Waals surface area contributed by atoms with Gasteiger partial charge in [-0.05, 0) is 43.2 Å². The molecule has 3 N–H and O–H groups in total. The van der Waals surface area contributed by atoms with E-state index in [0.717, 1.165) is 51.2 Å². The molecule has 33 heavy (non-hydrogen) atoms. The molecule has 0 radical (unpaired) electrons. The van der Waals surface area contributed by atoms with E-state index in [1.165, 1.54) is 19.6 Å². The van der Waals surface area contributed by atoms with Gasteiger partial charge in [0.25, 0.3) is 0 Å². The van der Waals surface area contributed by atoms with Gasteiger partial charge in [-0.1, -0.05) is 31.4 Å². The molecule has 1 saturated carbocycles. The number of fused-ring (bicyclic) bond motifs is 1. The summed E-state index contributed by atoms with van der Waals surface area (Å²) in [5.41, 5.74) is 7.71. The zero-order valence-electron chi connectivity index (χ0n) is 19.5. The molecule has 3 aliphatic rings. The van der Waals surface area contributed by atoms with Crippen LogP contribution in [0.15, 0.2) is 18.2 Å². The highest BCUT2D eigenvalue weighted by atomic mass is 19.1. The number of amides is 2. The quantitative estimate of drug-likeness (QED) is 0.519. The van der Waals surface area contributed by atoms with Crippen LogP contribution in [0.1, 0.15) is 56.1 Å². The number of nitrogens with zero attached hydrogens (tertiary/aromatic N) is 2. The van der Waals surface area contributed by atoms with Gasteiger partial charge in [-0.3, -0.25) is 9.59 Å². The molecule has 2 unspecified atom stereocenters. The molecule has 2 fully saturated rings. The Balaban J connectivity index is 0.000000236. The highest BCUT2D eigenvalue weighted by Crippen LogP contribution is 2.28. The van der Waals surface area contributed by atoms with Crippen molar-refractivity contribution in [1.29, 1.82) is 0 Å². The number of carbonyl (C=O) groups is 3. The number of benzene rings is 1. The third-order valence-electron chi connectivity index (χ3n) is 6.55. The Labute approximate surface area is 194 Å². The predicted molar refractivity (Wildman–Crippen MR) is 121 cm³/mol. The van der Waals surface area contributed by atoms with Crippen molar-refractivity contribution in [2.24, 2.45) is 11.7 Å². The minimum absolute atomic E-state index is 0.0696. The monoisotopic (exact) mass is 465 g/mol. The van der Waals surface area contributed by atoms with Crippen LogP contribution in [0.4, 0.5) is 4.39 Å². The molecule has 2 amide bonds. The van der Waals surface area contributed by atoms with E-state index in [9.17, 15) is 18.8 Å². The van der Waals surface area contributed by atoms with E-state index in [-0.39, 0.29) is 23.6 Å². The number of hydrogen-bond donors (Lipinski definition) is 2. The fraction of sp³-hybridized carbons (Fsp3) is 0.625. The lowest BCUT2D eigenvalue weighted by atomic mass is 9.83. The topological polar surface area (TPSA) is 113 Å². The number of aliphatic hydroxyl groups is 1. The van der Waals surface area contributed by atoms with Crippen LogP contribution >= 0.6 is 0 Å². The minimum Gasteiger partial charge on any atom is -0.467 e. The fourth-order valence-electron chi connectivity index (χ4n) is 4.78. The summed E-state index contributed by atoms with van der Waals surface area (Å²) in [6.07, 6.45) is 7.91. The molecule has 4 rings (SSSR count). The van der Waals surface area contributed by atoms with E-state index in [4.69, 9.17) is 15.6 Å². The molecule has 9 heteroatoms. The molecule has 1 saturated heterocycles. The van der Waals surface area contributed by atoms with Gasteiger partial charge in [-0.2, -0.15) is 0 Å². The number of esters is 1. The first-order chi connectivity index (χ1) is 16.0. The van der Waals surface area contributed by atoms with Gasteiger partial charge in [0, 0.05) is 32.3 Å². The summed E-state index contributed by atoms with van der Waals surface area (Å²) >= 11 is 0. The van der Waals surface area contributed by atoms with Gasteiger partial charge < -0.3 is 25.4 Å². The first-order valence-corrected chi connectivity index (χ1v) is 11.5. The molecule has 0 spiro atoms. The van der Waals surface area contributed by atoms with Crippen molar-refractivity contribution in [2.45, 2.75) is 70.1 Å². The number of likely N-dealkylation sites (tertiary alicyclic amines) is 1. The molecular weight excluding hydrogens is 429 g/mol. The molecule has 1 aromatic rings. The predicted octanol–water partition coefficient (Wildman–Crippen LogP) is 1.96. The van der Waals surface area contributed by atoms with Crippen molar-refractivity contribution in [3.8, 4) is 0 Å². The van der Waals surface area contributed by atoms with Gasteiger partial charge >= 0.3 is 5.97 Å². The molecule has 2 atom stereocenters. The molecule has 184 valence electrons. The average molecular weight is 466 g/mol. The molecule has 0 aromatic heterocycles. The maximum Gasteiger partial charge on any atom is 0.328 e. The zero-order valence-corrected chi connectivity index (χ0v) is 19.5. The third kappa shape index (κ3) is 6.74. The zero-order chi connectivity index (χ0) is 24.4. The molecule has 1 aliphatic carbocycles. The maximum atomic E-state index is 13.1. The summed E-state index contributed by atoms with van der Waals surface area (Å²) in [5.74, 6) is -0.321. The van der Waals surface area contributed by atoms with Crippen molar-refractivity contribution in [3.63, 3.8) is 0 Å². The van der Waals surface area contributed by atoms with Gasteiger partial charge in [0.05, 0.1) is 13.2 Å². The van der Waals surface area contributed by atoms with Gasteiger partial charge in [0.15, 0.2) is 0 Å². The third-order valence-corrected chi connectivity index (χ3v) is 6.55.